The van der Waals surface area contributed by atoms with E-state index >= 15 is 0 Å². The van der Waals surface area contributed by atoms with Crippen molar-refractivity contribution in [3.05, 3.63) is 54.7 Å². The van der Waals surface area contributed by atoms with E-state index in [1.807, 2.05) is 59.1 Å². The van der Waals surface area contributed by atoms with Gasteiger partial charge >= 0.3 is 0 Å². The maximum absolute atomic E-state index is 9.43. The Hall–Kier alpha value is -3.03. The lowest BCUT2D eigenvalue weighted by molar-refractivity contribution is 0.115. The molecule has 5 rings (SSSR count). The van der Waals surface area contributed by atoms with Crippen LogP contribution in [-0.2, 0) is 0 Å². The van der Waals surface area contributed by atoms with Crippen molar-refractivity contribution in [2.75, 3.05) is 13.2 Å². The highest BCUT2D eigenvalue weighted by Gasteiger charge is 2.23. The Morgan fingerprint density at radius 1 is 1.11 bits per heavy atom. The van der Waals surface area contributed by atoms with E-state index in [1.54, 1.807) is 0 Å². The molecule has 2 atom stereocenters. The summed E-state index contributed by atoms with van der Waals surface area (Å²) >= 11 is 0. The van der Waals surface area contributed by atoms with E-state index in [4.69, 9.17) is 9.72 Å². The normalized spacial score (nSPS) is 19.9. The Morgan fingerprint density at radius 2 is 2.07 bits per heavy atom. The van der Waals surface area contributed by atoms with E-state index in [0.717, 1.165) is 47.4 Å². The lowest BCUT2D eigenvalue weighted by atomic mass is 10.0. The van der Waals surface area contributed by atoms with Gasteiger partial charge in [0, 0.05) is 24.0 Å². The Labute approximate surface area is 162 Å². The number of piperidine rings is 1. The van der Waals surface area contributed by atoms with Crippen LogP contribution in [0.2, 0.25) is 0 Å². The van der Waals surface area contributed by atoms with E-state index in [-0.39, 0.29) is 18.8 Å². The minimum absolute atomic E-state index is 0.0587. The van der Waals surface area contributed by atoms with Crippen LogP contribution in [0.4, 0.5) is 0 Å². The second kappa shape index (κ2) is 7.18. The van der Waals surface area contributed by atoms with Gasteiger partial charge in [-0.3, -0.25) is 4.40 Å². The van der Waals surface area contributed by atoms with Crippen LogP contribution in [0.15, 0.2) is 54.7 Å². The predicted molar refractivity (Wildman–Crippen MR) is 106 cm³/mol. The van der Waals surface area contributed by atoms with Crippen molar-refractivity contribution in [1.29, 1.82) is 0 Å². The summed E-state index contributed by atoms with van der Waals surface area (Å²) in [5.41, 5.74) is 2.35. The molecule has 7 heteroatoms. The topological polar surface area (TPSA) is 84.6 Å². The molecule has 2 N–H and O–H groups in total. The molecule has 2 unspecified atom stereocenters. The molecule has 3 aromatic heterocycles. The van der Waals surface area contributed by atoms with Gasteiger partial charge in [-0.05, 0) is 37.2 Å². The van der Waals surface area contributed by atoms with Crippen LogP contribution in [0.5, 0.6) is 5.75 Å². The number of hydrogen-bond acceptors (Lipinski definition) is 6. The Kier molecular flexibility index (Phi) is 4.38. The van der Waals surface area contributed by atoms with Crippen LogP contribution < -0.4 is 10.1 Å². The van der Waals surface area contributed by atoms with Gasteiger partial charge in [-0.2, -0.15) is 0 Å². The first-order valence-electron chi connectivity index (χ1n) is 9.52. The molecule has 4 heterocycles. The van der Waals surface area contributed by atoms with Crippen LogP contribution in [0, 0.1) is 0 Å². The average molecular weight is 375 g/mol. The van der Waals surface area contributed by atoms with Gasteiger partial charge in [-0.15, -0.1) is 10.2 Å². The first-order valence-corrected chi connectivity index (χ1v) is 9.52. The number of aliphatic hydroxyl groups is 1. The van der Waals surface area contributed by atoms with E-state index in [2.05, 4.69) is 15.5 Å². The van der Waals surface area contributed by atoms with Crippen LogP contribution in [-0.4, -0.2) is 50.0 Å². The highest BCUT2D eigenvalue weighted by atomic mass is 16.5. The standard InChI is InChI=1S/C21H21N5O2/c27-13-15-12-16(9-10-22-15)28-18-5-3-4-14-7-8-17(23-20(14)18)21-25-24-19-6-1-2-11-26(19)21/h1-8,11,15-16,22,27H,9-10,12-13H2. The number of ether oxygens (including phenoxy) is 1. The summed E-state index contributed by atoms with van der Waals surface area (Å²) < 4.78 is 8.23. The highest BCUT2D eigenvalue weighted by molar-refractivity contribution is 5.86. The molecule has 0 aliphatic carbocycles. The summed E-state index contributed by atoms with van der Waals surface area (Å²) in [5.74, 6) is 1.46. The van der Waals surface area contributed by atoms with Gasteiger partial charge in [0.1, 0.15) is 23.1 Å². The minimum Gasteiger partial charge on any atom is -0.488 e. The molecule has 142 valence electrons. The molecule has 7 nitrogen and oxygen atoms in total. The third kappa shape index (κ3) is 3.08. The number of pyridine rings is 2. The molecule has 0 radical (unpaired) electrons. The van der Waals surface area contributed by atoms with Gasteiger partial charge in [-0.1, -0.05) is 24.3 Å². The molecule has 1 saturated heterocycles. The summed E-state index contributed by atoms with van der Waals surface area (Å²) in [6.07, 6.45) is 3.68. The molecule has 0 saturated carbocycles. The molecule has 1 aliphatic heterocycles. The number of aliphatic hydroxyl groups excluding tert-OH is 1. The van der Waals surface area contributed by atoms with Crippen LogP contribution in [0.3, 0.4) is 0 Å². The van der Waals surface area contributed by atoms with E-state index in [9.17, 15) is 5.11 Å². The van der Waals surface area contributed by atoms with Crippen molar-refractivity contribution in [2.45, 2.75) is 25.0 Å². The number of hydrogen-bond donors (Lipinski definition) is 2. The van der Waals surface area contributed by atoms with E-state index in [0.29, 0.717) is 5.82 Å². The summed E-state index contributed by atoms with van der Waals surface area (Å²) in [6.45, 7) is 0.961. The number of nitrogens with zero attached hydrogens (tertiary/aromatic N) is 4. The number of benzene rings is 1. The number of nitrogens with one attached hydrogen (secondary N) is 1. The van der Waals surface area contributed by atoms with Gasteiger partial charge < -0.3 is 15.2 Å². The summed E-state index contributed by atoms with van der Waals surface area (Å²) in [7, 11) is 0. The Bertz CT molecular complexity index is 1130. The van der Waals surface area contributed by atoms with Crippen molar-refractivity contribution in [3.8, 4) is 17.3 Å². The monoisotopic (exact) mass is 375 g/mol. The molecule has 1 aliphatic rings. The van der Waals surface area contributed by atoms with E-state index < -0.39 is 0 Å². The van der Waals surface area contributed by atoms with Crippen molar-refractivity contribution in [1.82, 2.24) is 24.9 Å². The van der Waals surface area contributed by atoms with Gasteiger partial charge in [0.25, 0.3) is 0 Å². The molecule has 1 fully saturated rings. The number of rotatable bonds is 4. The zero-order chi connectivity index (χ0) is 18.9. The Morgan fingerprint density at radius 3 is 3.00 bits per heavy atom. The lowest BCUT2D eigenvalue weighted by Gasteiger charge is -2.29. The maximum Gasteiger partial charge on any atom is 0.187 e. The number of para-hydroxylation sites is 1. The van der Waals surface area contributed by atoms with Gasteiger partial charge in [0.05, 0.1) is 6.61 Å². The first kappa shape index (κ1) is 17.1. The van der Waals surface area contributed by atoms with Gasteiger partial charge in [0.2, 0.25) is 0 Å². The van der Waals surface area contributed by atoms with Crippen molar-refractivity contribution in [2.24, 2.45) is 0 Å². The lowest BCUT2D eigenvalue weighted by Crippen LogP contribution is -2.44. The number of fused-ring (bicyclic) bond motifs is 2. The number of aromatic nitrogens is 4. The second-order valence-corrected chi connectivity index (χ2v) is 7.07. The fraction of sp³-hybridized carbons (Fsp3) is 0.286. The van der Waals surface area contributed by atoms with Gasteiger partial charge in [-0.25, -0.2) is 4.98 Å². The fourth-order valence-electron chi connectivity index (χ4n) is 3.75. The van der Waals surface area contributed by atoms with Crippen LogP contribution >= 0.6 is 0 Å². The molecule has 0 amide bonds. The molecular weight excluding hydrogens is 354 g/mol. The van der Waals surface area contributed by atoms with Crippen molar-refractivity contribution < 1.29 is 9.84 Å². The molecule has 1 aromatic carbocycles. The Balaban J connectivity index is 1.53. The minimum atomic E-state index is 0.0587. The highest BCUT2D eigenvalue weighted by Crippen LogP contribution is 2.29. The van der Waals surface area contributed by atoms with E-state index in [1.165, 1.54) is 0 Å². The fourth-order valence-corrected chi connectivity index (χ4v) is 3.75. The van der Waals surface area contributed by atoms with Crippen LogP contribution in [0.25, 0.3) is 28.1 Å². The van der Waals surface area contributed by atoms with Crippen molar-refractivity contribution in [3.63, 3.8) is 0 Å². The quantitative estimate of drug-likeness (QED) is 0.570. The third-order valence-corrected chi connectivity index (χ3v) is 5.19. The molecular formula is C21H21N5O2. The smallest absolute Gasteiger partial charge is 0.187 e. The molecule has 28 heavy (non-hydrogen) atoms. The van der Waals surface area contributed by atoms with Crippen LogP contribution in [0.1, 0.15) is 12.8 Å². The average Bonchev–Trinajstić information content (AvgIpc) is 3.18. The first-order chi connectivity index (χ1) is 13.8. The second-order valence-electron chi connectivity index (χ2n) is 7.07. The maximum atomic E-state index is 9.43. The summed E-state index contributed by atoms with van der Waals surface area (Å²) in [5, 5.41) is 22.3. The zero-order valence-corrected chi connectivity index (χ0v) is 15.3. The van der Waals surface area contributed by atoms with Gasteiger partial charge in [0.15, 0.2) is 11.5 Å². The third-order valence-electron chi connectivity index (χ3n) is 5.19. The molecule has 0 spiro atoms. The predicted octanol–water partition coefficient (Wildman–Crippen LogP) is 2.44. The zero-order valence-electron chi connectivity index (χ0n) is 15.3. The summed E-state index contributed by atoms with van der Waals surface area (Å²) in [4.78, 5) is 4.86. The molecule has 4 aromatic rings. The van der Waals surface area contributed by atoms with Crippen molar-refractivity contribution >= 4 is 16.6 Å². The SMILES string of the molecule is OCC1CC(Oc2cccc3ccc(-c4nnc5ccccn45)nc23)CCN1. The molecule has 0 bridgehead atoms. The summed E-state index contributed by atoms with van der Waals surface area (Å²) in [6, 6.07) is 15.8. The largest absolute Gasteiger partial charge is 0.488 e.